The molecule has 1 aromatic heterocycles. The van der Waals surface area contributed by atoms with E-state index in [-0.39, 0.29) is 29.1 Å². The number of anilines is 1. The van der Waals surface area contributed by atoms with Crippen LogP contribution in [0.3, 0.4) is 0 Å². The maximum Gasteiger partial charge on any atom is 0.257 e. The molecule has 2 aliphatic heterocycles. The lowest BCUT2D eigenvalue weighted by molar-refractivity contribution is -0.129. The summed E-state index contributed by atoms with van der Waals surface area (Å²) in [4.78, 5) is 41.3. The Morgan fingerprint density at radius 3 is 2.44 bits per heavy atom. The third-order valence-electron chi connectivity index (χ3n) is 8.74. The Labute approximate surface area is 229 Å². The lowest BCUT2D eigenvalue weighted by Crippen LogP contribution is -2.59. The number of hydrogen-bond acceptors (Lipinski definition) is 4. The second-order valence-corrected chi connectivity index (χ2v) is 11.5. The molecule has 8 nitrogen and oxygen atoms in total. The van der Waals surface area contributed by atoms with Crippen LogP contribution >= 0.6 is 0 Å². The van der Waals surface area contributed by atoms with Gasteiger partial charge in [0.1, 0.15) is 0 Å². The van der Waals surface area contributed by atoms with Gasteiger partial charge in [0, 0.05) is 55.3 Å². The number of aromatic nitrogens is 2. The van der Waals surface area contributed by atoms with Gasteiger partial charge in [0.05, 0.1) is 18.3 Å². The molecule has 1 saturated carbocycles. The molecule has 3 aliphatic rings. The molecular formula is C31H35N5O3. The summed E-state index contributed by atoms with van der Waals surface area (Å²) in [7, 11) is 0. The first-order chi connectivity index (χ1) is 19.0. The summed E-state index contributed by atoms with van der Waals surface area (Å²) >= 11 is 0. The molecule has 0 radical (unpaired) electrons. The number of hydrogen-bond donors (Lipinski definition) is 1. The minimum atomic E-state index is -0.163. The van der Waals surface area contributed by atoms with E-state index >= 15 is 0 Å². The number of nitrogens with zero attached hydrogens (tertiary/aromatic N) is 4. The predicted molar refractivity (Wildman–Crippen MR) is 148 cm³/mol. The fourth-order valence-electron chi connectivity index (χ4n) is 6.66. The summed E-state index contributed by atoms with van der Waals surface area (Å²) in [6.45, 7) is 3.07. The highest BCUT2D eigenvalue weighted by Gasteiger charge is 2.55. The Kier molecular flexibility index (Phi) is 6.94. The molecule has 3 fully saturated rings. The Bertz CT molecular complexity index is 1320. The predicted octanol–water partition coefficient (Wildman–Crippen LogP) is 4.15. The van der Waals surface area contributed by atoms with Gasteiger partial charge in [-0.2, -0.15) is 5.10 Å². The molecule has 1 N–H and O–H groups in total. The number of nitrogens with one attached hydrogen (secondary N) is 1. The number of rotatable bonds is 7. The maximum absolute atomic E-state index is 13.5. The van der Waals surface area contributed by atoms with Crippen molar-refractivity contribution in [3.63, 3.8) is 0 Å². The summed E-state index contributed by atoms with van der Waals surface area (Å²) in [5.41, 5.74) is 3.48. The van der Waals surface area contributed by atoms with E-state index in [9.17, 15) is 14.4 Å². The van der Waals surface area contributed by atoms with Crippen LogP contribution in [0.4, 0.5) is 5.69 Å². The van der Waals surface area contributed by atoms with Crippen molar-refractivity contribution >= 4 is 23.9 Å². The summed E-state index contributed by atoms with van der Waals surface area (Å²) in [6, 6.07) is 18.1. The van der Waals surface area contributed by atoms with Crippen LogP contribution in [-0.4, -0.2) is 64.0 Å². The van der Waals surface area contributed by atoms with Gasteiger partial charge >= 0.3 is 0 Å². The second kappa shape index (κ2) is 10.7. The van der Waals surface area contributed by atoms with Gasteiger partial charge in [-0.25, -0.2) is 0 Å². The van der Waals surface area contributed by atoms with E-state index in [1.54, 1.807) is 15.8 Å². The normalized spacial score (nSPS) is 20.6. The van der Waals surface area contributed by atoms with Gasteiger partial charge < -0.3 is 15.1 Å². The topological polar surface area (TPSA) is 87.5 Å². The van der Waals surface area contributed by atoms with Crippen molar-refractivity contribution in [2.75, 3.05) is 31.5 Å². The zero-order valence-corrected chi connectivity index (χ0v) is 22.2. The van der Waals surface area contributed by atoms with Crippen LogP contribution in [-0.2, 0) is 16.1 Å². The molecule has 2 aromatic carbocycles. The van der Waals surface area contributed by atoms with E-state index < -0.39 is 0 Å². The van der Waals surface area contributed by atoms with Gasteiger partial charge in [-0.15, -0.1) is 0 Å². The first-order valence-corrected chi connectivity index (χ1v) is 14.0. The van der Waals surface area contributed by atoms with Crippen LogP contribution in [0.25, 0.3) is 0 Å². The molecule has 1 aliphatic carbocycles. The highest BCUT2D eigenvalue weighted by atomic mass is 16.2. The first kappa shape index (κ1) is 25.3. The van der Waals surface area contributed by atoms with Gasteiger partial charge in [-0.1, -0.05) is 61.7 Å². The zero-order chi connectivity index (χ0) is 26.8. The molecule has 1 atom stereocenters. The van der Waals surface area contributed by atoms with Gasteiger partial charge in [0.2, 0.25) is 12.3 Å². The largest absolute Gasteiger partial charge is 0.344 e. The first-order valence-electron chi connectivity index (χ1n) is 14.0. The smallest absolute Gasteiger partial charge is 0.257 e. The molecule has 39 heavy (non-hydrogen) atoms. The molecule has 6 rings (SSSR count). The summed E-state index contributed by atoms with van der Waals surface area (Å²) in [6.07, 6.45) is 9.77. The number of benzene rings is 2. The monoisotopic (exact) mass is 525 g/mol. The SMILES string of the molecule is O=CN1CC2(C1)CN(C(=O)c1cnn(Cc3ccccc3)c1)CC2c1ccc(NC(=O)C2CCCCC2)cc1. The lowest BCUT2D eigenvalue weighted by atomic mass is 9.69. The molecule has 1 unspecified atom stereocenters. The van der Waals surface area contributed by atoms with Crippen molar-refractivity contribution in [1.29, 1.82) is 0 Å². The Hall–Kier alpha value is -3.94. The molecule has 2 saturated heterocycles. The fraction of sp³-hybridized carbons (Fsp3) is 0.419. The van der Waals surface area contributed by atoms with E-state index in [1.165, 1.54) is 6.42 Å². The van der Waals surface area contributed by atoms with Gasteiger partial charge in [0.15, 0.2) is 0 Å². The van der Waals surface area contributed by atoms with Crippen LogP contribution in [0.2, 0.25) is 0 Å². The number of carbonyl (C=O) groups excluding carboxylic acids is 3. The Morgan fingerprint density at radius 2 is 1.72 bits per heavy atom. The number of amides is 3. The molecule has 3 amide bonds. The van der Waals surface area contributed by atoms with E-state index in [0.717, 1.165) is 48.9 Å². The van der Waals surface area contributed by atoms with Gasteiger partial charge in [-0.05, 0) is 36.1 Å². The van der Waals surface area contributed by atoms with E-state index in [4.69, 9.17) is 0 Å². The van der Waals surface area contributed by atoms with Gasteiger partial charge in [-0.3, -0.25) is 19.1 Å². The van der Waals surface area contributed by atoms with Crippen molar-refractivity contribution in [3.05, 3.63) is 83.7 Å². The standard InChI is InChI=1S/C31H35N5O3/c37-22-34-19-31(20-34)21-35(30(39)26-15-32-36(17-26)16-23-7-3-1-4-8-23)18-28(31)24-11-13-27(14-12-24)33-29(38)25-9-5-2-6-10-25/h1,3-4,7-8,11-15,17,22,25,28H,2,5-6,9-10,16,18-21H2,(H,33,38). The summed E-state index contributed by atoms with van der Waals surface area (Å²) in [5.74, 6) is 0.305. The molecule has 8 heteroatoms. The van der Waals surface area contributed by atoms with Gasteiger partial charge in [0.25, 0.3) is 5.91 Å². The highest BCUT2D eigenvalue weighted by molar-refractivity contribution is 5.94. The molecule has 202 valence electrons. The Morgan fingerprint density at radius 1 is 0.974 bits per heavy atom. The van der Waals surface area contributed by atoms with Crippen molar-refractivity contribution in [2.24, 2.45) is 11.3 Å². The van der Waals surface area contributed by atoms with Crippen molar-refractivity contribution in [3.8, 4) is 0 Å². The van der Waals surface area contributed by atoms with Crippen LogP contribution in [0.15, 0.2) is 67.0 Å². The van der Waals surface area contributed by atoms with E-state index in [1.807, 2.05) is 53.6 Å². The maximum atomic E-state index is 13.5. The molecule has 3 heterocycles. The Balaban J connectivity index is 1.15. The minimum Gasteiger partial charge on any atom is -0.344 e. The van der Waals surface area contributed by atoms with Crippen LogP contribution in [0.1, 0.15) is 59.5 Å². The zero-order valence-electron chi connectivity index (χ0n) is 22.2. The molecule has 3 aromatic rings. The molecular weight excluding hydrogens is 490 g/mol. The average molecular weight is 526 g/mol. The summed E-state index contributed by atoms with van der Waals surface area (Å²) < 4.78 is 1.80. The van der Waals surface area contributed by atoms with Crippen molar-refractivity contribution in [2.45, 2.75) is 44.6 Å². The van der Waals surface area contributed by atoms with Crippen LogP contribution in [0, 0.1) is 11.3 Å². The number of likely N-dealkylation sites (tertiary alicyclic amines) is 2. The quantitative estimate of drug-likeness (QED) is 0.470. The minimum absolute atomic E-state index is 0.0305. The van der Waals surface area contributed by atoms with E-state index in [2.05, 4.69) is 22.5 Å². The second-order valence-electron chi connectivity index (χ2n) is 11.5. The van der Waals surface area contributed by atoms with Crippen LogP contribution in [0.5, 0.6) is 0 Å². The van der Waals surface area contributed by atoms with Crippen molar-refractivity contribution < 1.29 is 14.4 Å². The third-order valence-corrected chi connectivity index (χ3v) is 8.74. The van der Waals surface area contributed by atoms with Crippen LogP contribution < -0.4 is 5.32 Å². The molecule has 1 spiro atoms. The average Bonchev–Trinajstić information content (AvgIpc) is 3.59. The fourth-order valence-corrected chi connectivity index (χ4v) is 6.66. The lowest BCUT2D eigenvalue weighted by Gasteiger charge is -2.49. The van der Waals surface area contributed by atoms with E-state index in [0.29, 0.717) is 38.3 Å². The third kappa shape index (κ3) is 5.20. The summed E-state index contributed by atoms with van der Waals surface area (Å²) in [5, 5.41) is 7.52. The number of carbonyl (C=O) groups is 3. The molecule has 0 bridgehead atoms. The van der Waals surface area contributed by atoms with Crippen molar-refractivity contribution in [1.82, 2.24) is 19.6 Å². The highest BCUT2D eigenvalue weighted by Crippen LogP contribution is 2.49.